The molecule has 0 spiro atoms. The first kappa shape index (κ1) is 16.2. The van der Waals surface area contributed by atoms with Gasteiger partial charge in [0.2, 0.25) is 5.91 Å². The lowest BCUT2D eigenvalue weighted by atomic mass is 10.1. The van der Waals surface area contributed by atoms with Crippen LogP contribution in [0, 0.1) is 17.1 Å². The zero-order chi connectivity index (χ0) is 16.7. The van der Waals surface area contributed by atoms with Crippen LogP contribution < -0.4 is 10.6 Å². The third kappa shape index (κ3) is 4.38. The summed E-state index contributed by atoms with van der Waals surface area (Å²) in [7, 11) is 0. The predicted octanol–water partition coefficient (Wildman–Crippen LogP) is 1.94. The molecule has 0 bridgehead atoms. The second-order valence-electron chi connectivity index (χ2n) is 4.70. The van der Waals surface area contributed by atoms with E-state index in [-0.39, 0.29) is 12.1 Å². The van der Waals surface area contributed by atoms with Crippen molar-refractivity contribution >= 4 is 11.8 Å². The Morgan fingerprint density at radius 3 is 2.39 bits per heavy atom. The summed E-state index contributed by atoms with van der Waals surface area (Å²) in [6, 6.07) is 14.8. The van der Waals surface area contributed by atoms with Crippen molar-refractivity contribution in [2.45, 2.75) is 6.04 Å². The summed E-state index contributed by atoms with van der Waals surface area (Å²) in [4.78, 5) is 23.6. The van der Waals surface area contributed by atoms with E-state index in [2.05, 4.69) is 10.6 Å². The Morgan fingerprint density at radius 1 is 1.09 bits per heavy atom. The monoisotopic (exact) mass is 311 g/mol. The minimum Gasteiger partial charge on any atom is -0.343 e. The topological polar surface area (TPSA) is 82.0 Å². The molecule has 116 valence electrons. The van der Waals surface area contributed by atoms with E-state index in [1.807, 2.05) is 6.07 Å². The van der Waals surface area contributed by atoms with Gasteiger partial charge < -0.3 is 10.6 Å². The summed E-state index contributed by atoms with van der Waals surface area (Å²) in [5.74, 6) is -1.56. The molecule has 2 aromatic carbocycles. The van der Waals surface area contributed by atoms with Gasteiger partial charge in [0.15, 0.2) is 0 Å². The van der Waals surface area contributed by atoms with Crippen molar-refractivity contribution in [2.24, 2.45) is 0 Å². The normalized spacial score (nSPS) is 11.1. The molecule has 5 nitrogen and oxygen atoms in total. The molecule has 1 unspecified atom stereocenters. The van der Waals surface area contributed by atoms with Gasteiger partial charge >= 0.3 is 0 Å². The van der Waals surface area contributed by atoms with Crippen molar-refractivity contribution in [3.63, 3.8) is 0 Å². The van der Waals surface area contributed by atoms with Crippen LogP contribution in [-0.2, 0) is 4.79 Å². The third-order valence-corrected chi connectivity index (χ3v) is 3.10. The standard InChI is InChI=1S/C17H14FN3O2/c18-14-9-5-4-8-13(14)15(10-19)21-16(22)11-20-17(23)12-6-2-1-3-7-12/h1-9,15H,11H2,(H,20,23)(H,21,22). The van der Waals surface area contributed by atoms with Gasteiger partial charge in [-0.3, -0.25) is 9.59 Å². The number of carbonyl (C=O) groups is 2. The molecule has 2 aromatic rings. The average molecular weight is 311 g/mol. The molecule has 0 saturated carbocycles. The highest BCUT2D eigenvalue weighted by molar-refractivity contribution is 5.96. The molecule has 1 atom stereocenters. The molecule has 0 fully saturated rings. The van der Waals surface area contributed by atoms with Crippen molar-refractivity contribution in [1.29, 1.82) is 5.26 Å². The van der Waals surface area contributed by atoms with Crippen molar-refractivity contribution < 1.29 is 14.0 Å². The van der Waals surface area contributed by atoms with Crippen molar-refractivity contribution in [2.75, 3.05) is 6.54 Å². The van der Waals surface area contributed by atoms with Crippen molar-refractivity contribution in [3.05, 3.63) is 71.5 Å². The van der Waals surface area contributed by atoms with Crippen LogP contribution in [0.25, 0.3) is 0 Å². The maximum atomic E-state index is 13.6. The number of nitrogens with one attached hydrogen (secondary N) is 2. The minimum atomic E-state index is -1.11. The number of hydrogen-bond donors (Lipinski definition) is 2. The lowest BCUT2D eigenvalue weighted by molar-refractivity contribution is -0.120. The minimum absolute atomic E-state index is 0.0812. The molecule has 0 aromatic heterocycles. The largest absolute Gasteiger partial charge is 0.343 e. The first-order chi connectivity index (χ1) is 11.1. The number of carbonyl (C=O) groups excluding carboxylic acids is 2. The van der Waals surface area contributed by atoms with Gasteiger partial charge in [-0.05, 0) is 18.2 Å². The zero-order valence-corrected chi connectivity index (χ0v) is 12.1. The second kappa shape index (κ2) is 7.71. The van der Waals surface area contributed by atoms with E-state index in [0.717, 1.165) is 0 Å². The van der Waals surface area contributed by atoms with Crippen LogP contribution in [0.15, 0.2) is 54.6 Å². The van der Waals surface area contributed by atoms with E-state index >= 15 is 0 Å². The fourth-order valence-electron chi connectivity index (χ4n) is 1.95. The molecule has 0 heterocycles. The molecule has 2 amide bonds. The Hall–Kier alpha value is -3.20. The fraction of sp³-hybridized carbons (Fsp3) is 0.118. The molecular weight excluding hydrogens is 297 g/mol. The molecule has 2 N–H and O–H groups in total. The van der Waals surface area contributed by atoms with Gasteiger partial charge in [0, 0.05) is 11.1 Å². The number of amides is 2. The highest BCUT2D eigenvalue weighted by Gasteiger charge is 2.17. The molecular formula is C17H14FN3O2. The van der Waals surface area contributed by atoms with Crippen molar-refractivity contribution in [1.82, 2.24) is 10.6 Å². The lowest BCUT2D eigenvalue weighted by Crippen LogP contribution is -2.38. The quantitative estimate of drug-likeness (QED) is 0.885. The molecule has 6 heteroatoms. The number of rotatable bonds is 5. The van der Waals surface area contributed by atoms with Crippen LogP contribution in [0.3, 0.4) is 0 Å². The van der Waals surface area contributed by atoms with Crippen LogP contribution in [0.2, 0.25) is 0 Å². The van der Waals surface area contributed by atoms with Gasteiger partial charge in [0.1, 0.15) is 11.9 Å². The van der Waals surface area contributed by atoms with E-state index in [1.165, 1.54) is 18.2 Å². The second-order valence-corrected chi connectivity index (χ2v) is 4.70. The Labute approximate surface area is 132 Å². The molecule has 0 aliphatic heterocycles. The summed E-state index contributed by atoms with van der Waals surface area (Å²) in [6.45, 7) is -0.305. The van der Waals surface area contributed by atoms with E-state index in [4.69, 9.17) is 5.26 Å². The third-order valence-electron chi connectivity index (χ3n) is 3.10. The first-order valence-electron chi connectivity index (χ1n) is 6.88. The van der Waals surface area contributed by atoms with Crippen LogP contribution in [0.5, 0.6) is 0 Å². The molecule has 0 aliphatic rings. The van der Waals surface area contributed by atoms with Crippen LogP contribution in [0.4, 0.5) is 4.39 Å². The Balaban J connectivity index is 1.93. The highest BCUT2D eigenvalue weighted by Crippen LogP contribution is 2.15. The fourth-order valence-corrected chi connectivity index (χ4v) is 1.95. The van der Waals surface area contributed by atoms with E-state index in [0.29, 0.717) is 5.56 Å². The highest BCUT2D eigenvalue weighted by atomic mass is 19.1. The van der Waals surface area contributed by atoms with E-state index in [9.17, 15) is 14.0 Å². The van der Waals surface area contributed by atoms with Crippen LogP contribution in [-0.4, -0.2) is 18.4 Å². The number of hydrogen-bond acceptors (Lipinski definition) is 3. The molecule has 0 saturated heterocycles. The molecule has 0 aliphatic carbocycles. The summed E-state index contributed by atoms with van der Waals surface area (Å²) < 4.78 is 13.6. The maximum absolute atomic E-state index is 13.6. The first-order valence-corrected chi connectivity index (χ1v) is 6.88. The maximum Gasteiger partial charge on any atom is 0.251 e. The van der Waals surface area contributed by atoms with Crippen LogP contribution >= 0.6 is 0 Å². The smallest absolute Gasteiger partial charge is 0.251 e. The van der Waals surface area contributed by atoms with Gasteiger partial charge in [-0.1, -0.05) is 36.4 Å². The van der Waals surface area contributed by atoms with Gasteiger partial charge in [0.05, 0.1) is 12.6 Å². The van der Waals surface area contributed by atoms with Gasteiger partial charge in [0.25, 0.3) is 5.91 Å². The summed E-state index contributed by atoms with van der Waals surface area (Å²) >= 11 is 0. The number of halogens is 1. The molecule has 0 radical (unpaired) electrons. The zero-order valence-electron chi connectivity index (χ0n) is 12.1. The average Bonchev–Trinajstić information content (AvgIpc) is 2.59. The SMILES string of the molecule is N#CC(NC(=O)CNC(=O)c1ccccc1)c1ccccc1F. The summed E-state index contributed by atoms with van der Waals surface area (Å²) in [5, 5.41) is 13.9. The Morgan fingerprint density at radius 2 is 1.74 bits per heavy atom. The van der Waals surface area contributed by atoms with E-state index < -0.39 is 23.7 Å². The van der Waals surface area contributed by atoms with Crippen molar-refractivity contribution in [3.8, 4) is 6.07 Å². The Bertz CT molecular complexity index is 741. The molecule has 23 heavy (non-hydrogen) atoms. The number of benzene rings is 2. The number of nitriles is 1. The summed E-state index contributed by atoms with van der Waals surface area (Å²) in [6.07, 6.45) is 0. The lowest BCUT2D eigenvalue weighted by Gasteiger charge is -2.13. The van der Waals surface area contributed by atoms with E-state index in [1.54, 1.807) is 36.4 Å². The Kier molecular flexibility index (Phi) is 5.42. The number of nitrogens with zero attached hydrogens (tertiary/aromatic N) is 1. The van der Waals surface area contributed by atoms with Gasteiger partial charge in [-0.25, -0.2) is 4.39 Å². The molecule has 2 rings (SSSR count). The van der Waals surface area contributed by atoms with Gasteiger partial charge in [-0.15, -0.1) is 0 Å². The van der Waals surface area contributed by atoms with Crippen LogP contribution in [0.1, 0.15) is 22.0 Å². The summed E-state index contributed by atoms with van der Waals surface area (Å²) in [5.41, 5.74) is 0.504. The predicted molar refractivity (Wildman–Crippen MR) is 81.7 cm³/mol. The van der Waals surface area contributed by atoms with Gasteiger partial charge in [-0.2, -0.15) is 5.26 Å².